The zero-order valence-corrected chi connectivity index (χ0v) is 8.71. The number of carbonyl (C=O) groups excluding carboxylic acids is 1. The third-order valence-corrected chi connectivity index (χ3v) is 2.33. The highest BCUT2D eigenvalue weighted by atomic mass is 16.3. The van der Waals surface area contributed by atoms with Crippen molar-refractivity contribution in [3.8, 4) is 0 Å². The van der Waals surface area contributed by atoms with Gasteiger partial charge in [0.15, 0.2) is 0 Å². The highest BCUT2D eigenvalue weighted by molar-refractivity contribution is 5.81. The number of rotatable bonds is 0. The molecule has 0 aromatic rings. The van der Waals surface area contributed by atoms with Crippen molar-refractivity contribution >= 4 is 5.91 Å². The van der Waals surface area contributed by atoms with Crippen LogP contribution in [-0.4, -0.2) is 35.1 Å². The fourth-order valence-corrected chi connectivity index (χ4v) is 1.61. The van der Waals surface area contributed by atoms with Crippen LogP contribution in [0.15, 0.2) is 0 Å². The Morgan fingerprint density at radius 2 is 2.08 bits per heavy atom. The molecule has 3 heteroatoms. The second-order valence-electron chi connectivity index (χ2n) is 4.80. The Morgan fingerprint density at radius 3 is 2.54 bits per heavy atom. The van der Waals surface area contributed by atoms with Crippen LogP contribution in [0.1, 0.15) is 33.6 Å². The van der Waals surface area contributed by atoms with Crippen LogP contribution in [0.5, 0.6) is 0 Å². The maximum atomic E-state index is 11.8. The molecule has 0 aromatic heterocycles. The molecule has 1 fully saturated rings. The topological polar surface area (TPSA) is 40.5 Å². The molecule has 1 rings (SSSR count). The van der Waals surface area contributed by atoms with E-state index in [1.165, 1.54) is 0 Å². The fraction of sp³-hybridized carbons (Fsp3) is 0.900. The number of likely N-dealkylation sites (tertiary alicyclic amines) is 1. The van der Waals surface area contributed by atoms with Gasteiger partial charge in [-0.2, -0.15) is 0 Å². The first-order valence-corrected chi connectivity index (χ1v) is 4.88. The second kappa shape index (κ2) is 3.66. The van der Waals surface area contributed by atoms with Crippen molar-refractivity contribution in [3.05, 3.63) is 0 Å². The van der Waals surface area contributed by atoms with Gasteiger partial charge in [-0.25, -0.2) is 0 Å². The lowest BCUT2D eigenvalue weighted by Crippen LogP contribution is -2.46. The normalized spacial score (nSPS) is 24.6. The molecule has 76 valence electrons. The lowest BCUT2D eigenvalue weighted by molar-refractivity contribution is -0.142. The molecule has 0 spiro atoms. The van der Waals surface area contributed by atoms with E-state index >= 15 is 0 Å². The van der Waals surface area contributed by atoms with Crippen LogP contribution in [0.4, 0.5) is 0 Å². The van der Waals surface area contributed by atoms with E-state index in [-0.39, 0.29) is 17.4 Å². The Labute approximate surface area is 79.7 Å². The molecule has 0 aliphatic carbocycles. The number of hydrogen-bond acceptors (Lipinski definition) is 2. The number of aliphatic hydroxyl groups excluding tert-OH is 1. The Balaban J connectivity index is 2.56. The van der Waals surface area contributed by atoms with Crippen molar-refractivity contribution < 1.29 is 9.90 Å². The Kier molecular flexibility index (Phi) is 2.96. The van der Waals surface area contributed by atoms with Gasteiger partial charge in [0.25, 0.3) is 0 Å². The van der Waals surface area contributed by atoms with Gasteiger partial charge in [-0.15, -0.1) is 0 Å². The average molecular weight is 185 g/mol. The van der Waals surface area contributed by atoms with E-state index in [0.717, 1.165) is 19.4 Å². The number of carbonyl (C=O) groups is 1. The maximum Gasteiger partial charge on any atom is 0.228 e. The quantitative estimate of drug-likeness (QED) is 0.612. The van der Waals surface area contributed by atoms with Crippen LogP contribution in [0.3, 0.4) is 0 Å². The van der Waals surface area contributed by atoms with Crippen LogP contribution in [-0.2, 0) is 4.79 Å². The number of nitrogens with zero attached hydrogens (tertiary/aromatic N) is 1. The van der Waals surface area contributed by atoms with Crippen molar-refractivity contribution in [1.82, 2.24) is 4.90 Å². The van der Waals surface area contributed by atoms with Gasteiger partial charge in [0.05, 0.1) is 6.10 Å². The van der Waals surface area contributed by atoms with E-state index in [2.05, 4.69) is 0 Å². The lowest BCUT2D eigenvalue weighted by Gasteiger charge is -2.34. The van der Waals surface area contributed by atoms with Crippen LogP contribution in [0.25, 0.3) is 0 Å². The van der Waals surface area contributed by atoms with Gasteiger partial charge in [0, 0.05) is 18.5 Å². The van der Waals surface area contributed by atoms with Gasteiger partial charge >= 0.3 is 0 Å². The van der Waals surface area contributed by atoms with Crippen molar-refractivity contribution in [3.63, 3.8) is 0 Å². The maximum absolute atomic E-state index is 11.8. The molecule has 1 atom stereocenters. The number of piperidine rings is 1. The molecular weight excluding hydrogens is 166 g/mol. The molecule has 1 saturated heterocycles. The van der Waals surface area contributed by atoms with E-state index in [0.29, 0.717) is 6.54 Å². The van der Waals surface area contributed by atoms with Crippen molar-refractivity contribution in [2.24, 2.45) is 5.41 Å². The molecule has 0 saturated carbocycles. The average Bonchev–Trinajstić information content (AvgIpc) is 2.01. The summed E-state index contributed by atoms with van der Waals surface area (Å²) in [5.41, 5.74) is -0.322. The largest absolute Gasteiger partial charge is 0.391 e. The van der Waals surface area contributed by atoms with Crippen LogP contribution < -0.4 is 0 Å². The third kappa shape index (κ3) is 2.69. The van der Waals surface area contributed by atoms with Gasteiger partial charge in [-0.3, -0.25) is 4.79 Å². The molecule has 0 radical (unpaired) electrons. The molecule has 1 aliphatic heterocycles. The molecule has 13 heavy (non-hydrogen) atoms. The number of hydrogen-bond donors (Lipinski definition) is 1. The molecule has 0 aromatic carbocycles. The van der Waals surface area contributed by atoms with E-state index in [9.17, 15) is 9.90 Å². The standard InChI is InChI=1S/C10H19NO2/c1-10(2,3)9(13)11-6-4-5-8(12)7-11/h8,12H,4-7H2,1-3H3/t8-/m1/s1. The SMILES string of the molecule is CC(C)(C)C(=O)N1CCC[C@@H](O)C1. The summed E-state index contributed by atoms with van der Waals surface area (Å²) in [5.74, 6) is 0.145. The van der Waals surface area contributed by atoms with Crippen molar-refractivity contribution in [2.45, 2.75) is 39.7 Å². The minimum absolute atomic E-state index is 0.145. The van der Waals surface area contributed by atoms with E-state index in [1.54, 1.807) is 4.90 Å². The number of amides is 1. The van der Waals surface area contributed by atoms with Crippen LogP contribution in [0.2, 0.25) is 0 Å². The summed E-state index contributed by atoms with van der Waals surface area (Å²) in [5, 5.41) is 9.40. The first kappa shape index (κ1) is 10.5. The minimum Gasteiger partial charge on any atom is -0.391 e. The summed E-state index contributed by atoms with van der Waals surface area (Å²) in [6, 6.07) is 0. The van der Waals surface area contributed by atoms with Gasteiger partial charge in [-0.1, -0.05) is 20.8 Å². The molecular formula is C10H19NO2. The predicted octanol–water partition coefficient (Wildman–Crippen LogP) is 1.02. The molecule has 3 nitrogen and oxygen atoms in total. The first-order valence-electron chi connectivity index (χ1n) is 4.88. The summed E-state index contributed by atoms with van der Waals surface area (Å²) in [4.78, 5) is 13.6. The van der Waals surface area contributed by atoms with Crippen molar-refractivity contribution in [2.75, 3.05) is 13.1 Å². The number of aliphatic hydroxyl groups is 1. The second-order valence-corrected chi connectivity index (χ2v) is 4.80. The van der Waals surface area contributed by atoms with Gasteiger partial charge in [0.1, 0.15) is 0 Å². The third-order valence-electron chi connectivity index (χ3n) is 2.33. The molecule has 1 heterocycles. The zero-order chi connectivity index (χ0) is 10.1. The van der Waals surface area contributed by atoms with Gasteiger partial charge in [-0.05, 0) is 12.8 Å². The molecule has 0 unspecified atom stereocenters. The van der Waals surface area contributed by atoms with E-state index in [1.807, 2.05) is 20.8 Å². The van der Waals surface area contributed by atoms with Gasteiger partial charge in [0.2, 0.25) is 5.91 Å². The Bertz CT molecular complexity index is 196. The highest BCUT2D eigenvalue weighted by Crippen LogP contribution is 2.20. The Hall–Kier alpha value is -0.570. The predicted molar refractivity (Wildman–Crippen MR) is 51.3 cm³/mol. The molecule has 1 N–H and O–H groups in total. The molecule has 1 aliphatic rings. The smallest absolute Gasteiger partial charge is 0.228 e. The van der Waals surface area contributed by atoms with E-state index < -0.39 is 0 Å². The summed E-state index contributed by atoms with van der Waals surface area (Å²) in [6.45, 7) is 7.05. The summed E-state index contributed by atoms with van der Waals surface area (Å²) in [7, 11) is 0. The van der Waals surface area contributed by atoms with Crippen LogP contribution in [0, 0.1) is 5.41 Å². The van der Waals surface area contributed by atoms with E-state index in [4.69, 9.17) is 0 Å². The zero-order valence-electron chi connectivity index (χ0n) is 8.71. The summed E-state index contributed by atoms with van der Waals surface area (Å²) < 4.78 is 0. The first-order chi connectivity index (χ1) is 5.91. The molecule has 0 bridgehead atoms. The Morgan fingerprint density at radius 1 is 1.46 bits per heavy atom. The van der Waals surface area contributed by atoms with Crippen LogP contribution >= 0.6 is 0 Å². The molecule has 1 amide bonds. The summed E-state index contributed by atoms with van der Waals surface area (Å²) >= 11 is 0. The highest BCUT2D eigenvalue weighted by Gasteiger charge is 2.30. The lowest BCUT2D eigenvalue weighted by atomic mass is 9.93. The minimum atomic E-state index is -0.322. The number of β-amino-alcohol motifs (C(OH)–C–C–N with tert-alkyl or cyclic N) is 1. The summed E-state index contributed by atoms with van der Waals surface area (Å²) in [6.07, 6.45) is 1.43. The van der Waals surface area contributed by atoms with Crippen molar-refractivity contribution in [1.29, 1.82) is 0 Å². The van der Waals surface area contributed by atoms with Gasteiger partial charge < -0.3 is 10.0 Å². The fourth-order valence-electron chi connectivity index (χ4n) is 1.61. The monoisotopic (exact) mass is 185 g/mol.